The normalized spacial score (nSPS) is 48.2. The summed E-state index contributed by atoms with van der Waals surface area (Å²) in [5, 5.41) is 27.3. The maximum absolute atomic E-state index is 9.55. The lowest BCUT2D eigenvalue weighted by Gasteiger charge is -2.28. The van der Waals surface area contributed by atoms with Gasteiger partial charge in [-0.1, -0.05) is 6.92 Å². The smallest absolute Gasteiger partial charge is 0.110 e. The van der Waals surface area contributed by atoms with Gasteiger partial charge in [-0.05, 0) is 0 Å². The zero-order valence-electron chi connectivity index (χ0n) is 6.97. The van der Waals surface area contributed by atoms with Crippen LogP contribution in [-0.4, -0.2) is 54.6 Å². The number of ether oxygens (including phenoxy) is 1. The lowest BCUT2D eigenvalue weighted by atomic mass is 9.72. The molecule has 68 valence electrons. The molecular weight excluding hydrogens is 159 g/mol. The predicted octanol–water partition coefficient (Wildman–Crippen LogP) is -1.77. The van der Waals surface area contributed by atoms with Crippen molar-refractivity contribution in [3.8, 4) is 0 Å². The lowest BCUT2D eigenvalue weighted by Crippen LogP contribution is -2.42. The molecule has 5 heteroatoms. The van der Waals surface area contributed by atoms with Crippen molar-refractivity contribution in [1.29, 1.82) is 0 Å². The molecule has 2 radical (unpaired) electrons. The van der Waals surface area contributed by atoms with Gasteiger partial charge in [-0.25, -0.2) is 0 Å². The summed E-state index contributed by atoms with van der Waals surface area (Å²) in [6, 6.07) is -0.727. The van der Waals surface area contributed by atoms with E-state index < -0.39 is 23.6 Å². The number of aliphatic hydroxyl groups excluding tert-OH is 3. The van der Waals surface area contributed by atoms with Gasteiger partial charge in [0.2, 0.25) is 0 Å². The summed E-state index contributed by atoms with van der Waals surface area (Å²) in [6.07, 6.45) is -1.60. The van der Waals surface area contributed by atoms with Gasteiger partial charge in [0.15, 0.2) is 0 Å². The van der Waals surface area contributed by atoms with E-state index in [0.29, 0.717) is 0 Å². The molecule has 0 aromatic rings. The zero-order valence-corrected chi connectivity index (χ0v) is 6.97. The first-order valence-corrected chi connectivity index (χ1v) is 3.87. The molecular formula is C7H13BO4. The van der Waals surface area contributed by atoms with E-state index in [4.69, 9.17) is 22.8 Å². The van der Waals surface area contributed by atoms with Crippen molar-refractivity contribution >= 4 is 7.85 Å². The van der Waals surface area contributed by atoms with Crippen LogP contribution in [0.2, 0.25) is 0 Å². The highest BCUT2D eigenvalue weighted by Gasteiger charge is 2.49. The van der Waals surface area contributed by atoms with Crippen LogP contribution >= 0.6 is 0 Å². The van der Waals surface area contributed by atoms with E-state index in [1.54, 1.807) is 6.92 Å². The molecule has 0 spiro atoms. The Bertz CT molecular complexity index is 165. The van der Waals surface area contributed by atoms with E-state index in [0.717, 1.165) is 0 Å². The summed E-state index contributed by atoms with van der Waals surface area (Å²) in [5.74, 6) is 0. The first-order valence-electron chi connectivity index (χ1n) is 3.87. The monoisotopic (exact) mass is 172 g/mol. The molecule has 4 nitrogen and oxygen atoms in total. The number of hydrogen-bond donors (Lipinski definition) is 3. The molecule has 0 amide bonds. The highest BCUT2D eigenvalue weighted by molar-refractivity contribution is 6.11. The number of hydrogen-bond acceptors (Lipinski definition) is 4. The minimum Gasteiger partial charge on any atom is -0.396 e. The van der Waals surface area contributed by atoms with Crippen molar-refractivity contribution in [3.05, 3.63) is 0 Å². The molecule has 0 unspecified atom stereocenters. The van der Waals surface area contributed by atoms with Crippen LogP contribution in [-0.2, 0) is 4.74 Å². The molecule has 0 aromatic carbocycles. The molecule has 0 aromatic heterocycles. The van der Waals surface area contributed by atoms with E-state index in [9.17, 15) is 5.11 Å². The minimum absolute atomic E-state index is 0.258. The Hall–Kier alpha value is -0.0951. The van der Waals surface area contributed by atoms with E-state index in [1.165, 1.54) is 0 Å². The van der Waals surface area contributed by atoms with Crippen LogP contribution in [0.4, 0.5) is 0 Å². The first kappa shape index (κ1) is 9.99. The fourth-order valence-electron chi connectivity index (χ4n) is 1.34. The molecule has 12 heavy (non-hydrogen) atoms. The Morgan fingerprint density at radius 2 is 2.08 bits per heavy atom. The van der Waals surface area contributed by atoms with Crippen LogP contribution < -0.4 is 0 Å². The highest BCUT2D eigenvalue weighted by atomic mass is 16.5. The van der Waals surface area contributed by atoms with Crippen LogP contribution in [0.1, 0.15) is 6.92 Å². The summed E-state index contributed by atoms with van der Waals surface area (Å²) in [5.41, 5.74) is -0.868. The van der Waals surface area contributed by atoms with Crippen molar-refractivity contribution in [2.75, 3.05) is 13.2 Å². The standard InChI is InChI=1S/C7H13BO4/c1-7(3-10)5(11)4(2-9)12-6(7)8/h4-6,9-11H,2-3H2,1H3/t4-,5-,6-,7-/m1/s1. The van der Waals surface area contributed by atoms with Crippen molar-refractivity contribution in [3.63, 3.8) is 0 Å². The van der Waals surface area contributed by atoms with Crippen molar-refractivity contribution < 1.29 is 20.1 Å². The third kappa shape index (κ3) is 1.27. The molecule has 0 aliphatic carbocycles. The van der Waals surface area contributed by atoms with Crippen molar-refractivity contribution in [2.24, 2.45) is 5.41 Å². The quantitative estimate of drug-likeness (QED) is 0.431. The van der Waals surface area contributed by atoms with Crippen LogP contribution in [0.25, 0.3) is 0 Å². The van der Waals surface area contributed by atoms with Crippen LogP contribution in [0, 0.1) is 5.41 Å². The van der Waals surface area contributed by atoms with E-state index in [2.05, 4.69) is 0 Å². The summed E-state index contributed by atoms with van der Waals surface area (Å²) in [6.45, 7) is 1.08. The maximum atomic E-state index is 9.55. The summed E-state index contributed by atoms with van der Waals surface area (Å²) < 4.78 is 5.05. The van der Waals surface area contributed by atoms with Gasteiger partial charge >= 0.3 is 0 Å². The van der Waals surface area contributed by atoms with Crippen LogP contribution in [0.3, 0.4) is 0 Å². The van der Waals surface area contributed by atoms with Crippen molar-refractivity contribution in [2.45, 2.75) is 25.1 Å². The fourth-order valence-corrected chi connectivity index (χ4v) is 1.34. The van der Waals surface area contributed by atoms with E-state index in [-0.39, 0.29) is 13.2 Å². The van der Waals surface area contributed by atoms with E-state index in [1.807, 2.05) is 0 Å². The van der Waals surface area contributed by atoms with E-state index >= 15 is 0 Å². The van der Waals surface area contributed by atoms with Gasteiger partial charge < -0.3 is 20.1 Å². The maximum Gasteiger partial charge on any atom is 0.110 e. The molecule has 3 N–H and O–H groups in total. The minimum atomic E-state index is -0.914. The largest absolute Gasteiger partial charge is 0.396 e. The SMILES string of the molecule is [B][C@@H]1O[C@H](CO)[C@@H](O)[C@@]1(C)CO. The Labute approximate surface area is 72.6 Å². The Morgan fingerprint density at radius 3 is 2.33 bits per heavy atom. The third-order valence-electron chi connectivity index (χ3n) is 2.52. The highest BCUT2D eigenvalue weighted by Crippen LogP contribution is 2.36. The second-order valence-electron chi connectivity index (χ2n) is 3.39. The second-order valence-corrected chi connectivity index (χ2v) is 3.39. The molecule has 0 bridgehead atoms. The predicted molar refractivity (Wildman–Crippen MR) is 42.7 cm³/mol. The summed E-state index contributed by atoms with van der Waals surface area (Å²) >= 11 is 0. The summed E-state index contributed by atoms with van der Waals surface area (Å²) in [4.78, 5) is 0. The molecule has 1 fully saturated rings. The van der Waals surface area contributed by atoms with Gasteiger partial charge in [0.25, 0.3) is 0 Å². The van der Waals surface area contributed by atoms with Gasteiger partial charge in [-0.3, -0.25) is 0 Å². The Kier molecular flexibility index (Phi) is 2.78. The number of rotatable bonds is 2. The second kappa shape index (κ2) is 3.34. The lowest BCUT2D eigenvalue weighted by molar-refractivity contribution is -0.0130. The Balaban J connectivity index is 2.76. The zero-order chi connectivity index (χ0) is 9.35. The van der Waals surface area contributed by atoms with Crippen LogP contribution in [0.5, 0.6) is 0 Å². The van der Waals surface area contributed by atoms with Gasteiger partial charge in [0, 0.05) is 11.4 Å². The molecule has 1 saturated heterocycles. The molecule has 1 heterocycles. The topological polar surface area (TPSA) is 69.9 Å². The molecule has 4 atom stereocenters. The average Bonchev–Trinajstić information content (AvgIpc) is 2.30. The van der Waals surface area contributed by atoms with Gasteiger partial charge in [-0.15, -0.1) is 0 Å². The molecule has 0 saturated carbocycles. The average molecular weight is 172 g/mol. The fraction of sp³-hybridized carbons (Fsp3) is 1.00. The molecule has 1 aliphatic heterocycles. The van der Waals surface area contributed by atoms with Crippen molar-refractivity contribution in [1.82, 2.24) is 0 Å². The molecule has 1 aliphatic rings. The first-order chi connectivity index (χ1) is 5.56. The van der Waals surface area contributed by atoms with Gasteiger partial charge in [-0.2, -0.15) is 0 Å². The van der Waals surface area contributed by atoms with Gasteiger partial charge in [0.05, 0.1) is 19.3 Å². The Morgan fingerprint density at radius 1 is 1.50 bits per heavy atom. The van der Waals surface area contributed by atoms with Gasteiger partial charge in [0.1, 0.15) is 14.0 Å². The number of aliphatic hydroxyl groups is 3. The summed E-state index contributed by atoms with van der Waals surface area (Å²) in [7, 11) is 5.53. The van der Waals surface area contributed by atoms with Crippen LogP contribution in [0.15, 0.2) is 0 Å². The third-order valence-corrected chi connectivity index (χ3v) is 2.52. The molecule has 1 rings (SSSR count).